The van der Waals surface area contributed by atoms with Crippen LogP contribution in [0.4, 0.5) is 5.69 Å². The SMILES string of the molecule is CCCOc1ccc(NC(=O)COc2ccc(OCC)cc2)cc1. The van der Waals surface area contributed by atoms with Crippen LogP contribution < -0.4 is 19.5 Å². The topological polar surface area (TPSA) is 56.8 Å². The standard InChI is InChI=1S/C19H23NO4/c1-3-13-23-17-7-5-15(6-8-17)20-19(21)14-24-18-11-9-16(10-12-18)22-4-2/h5-12H,3-4,13-14H2,1-2H3,(H,20,21). The Balaban J connectivity index is 1.78. The van der Waals surface area contributed by atoms with Crippen LogP contribution >= 0.6 is 0 Å². The number of benzene rings is 2. The maximum Gasteiger partial charge on any atom is 0.262 e. The Hall–Kier alpha value is -2.69. The quantitative estimate of drug-likeness (QED) is 0.758. The molecule has 0 aliphatic heterocycles. The van der Waals surface area contributed by atoms with Crippen molar-refractivity contribution in [2.24, 2.45) is 0 Å². The molecule has 0 fully saturated rings. The maximum atomic E-state index is 11.9. The van der Waals surface area contributed by atoms with E-state index < -0.39 is 0 Å². The molecule has 0 aliphatic rings. The van der Waals surface area contributed by atoms with Gasteiger partial charge in [-0.05, 0) is 61.9 Å². The van der Waals surface area contributed by atoms with Gasteiger partial charge in [-0.1, -0.05) is 6.92 Å². The molecule has 0 aliphatic carbocycles. The average molecular weight is 329 g/mol. The monoisotopic (exact) mass is 329 g/mol. The van der Waals surface area contributed by atoms with Crippen molar-refractivity contribution in [2.75, 3.05) is 25.1 Å². The number of rotatable bonds is 9. The van der Waals surface area contributed by atoms with Gasteiger partial charge in [-0.2, -0.15) is 0 Å². The molecule has 128 valence electrons. The van der Waals surface area contributed by atoms with Gasteiger partial charge in [0.05, 0.1) is 13.2 Å². The predicted molar refractivity (Wildman–Crippen MR) is 94.0 cm³/mol. The van der Waals surface area contributed by atoms with Gasteiger partial charge in [0, 0.05) is 5.69 Å². The number of carbonyl (C=O) groups is 1. The predicted octanol–water partition coefficient (Wildman–Crippen LogP) is 3.89. The minimum atomic E-state index is -0.217. The Kier molecular flexibility index (Phi) is 6.95. The van der Waals surface area contributed by atoms with Crippen LogP contribution in [0, 0.1) is 0 Å². The third-order valence-corrected chi connectivity index (χ3v) is 3.12. The summed E-state index contributed by atoms with van der Waals surface area (Å²) in [6.07, 6.45) is 0.960. The largest absolute Gasteiger partial charge is 0.494 e. The molecule has 0 spiro atoms. The molecule has 5 nitrogen and oxygen atoms in total. The van der Waals surface area contributed by atoms with E-state index in [0.717, 1.165) is 17.9 Å². The fourth-order valence-electron chi connectivity index (χ4n) is 2.00. The number of anilines is 1. The molecule has 1 amide bonds. The van der Waals surface area contributed by atoms with Crippen molar-refractivity contribution in [1.82, 2.24) is 0 Å². The minimum Gasteiger partial charge on any atom is -0.494 e. The summed E-state index contributed by atoms with van der Waals surface area (Å²) in [6, 6.07) is 14.4. The van der Waals surface area contributed by atoms with E-state index >= 15 is 0 Å². The number of hydrogen-bond donors (Lipinski definition) is 1. The Morgan fingerprint density at radius 3 is 1.96 bits per heavy atom. The van der Waals surface area contributed by atoms with Gasteiger partial charge in [0.2, 0.25) is 0 Å². The molecule has 2 aromatic carbocycles. The first-order chi connectivity index (χ1) is 11.7. The van der Waals surface area contributed by atoms with Crippen LogP contribution in [0.1, 0.15) is 20.3 Å². The molecule has 0 bridgehead atoms. The number of amides is 1. The van der Waals surface area contributed by atoms with Crippen molar-refractivity contribution >= 4 is 11.6 Å². The number of ether oxygens (including phenoxy) is 3. The Morgan fingerprint density at radius 1 is 0.833 bits per heavy atom. The number of carbonyl (C=O) groups excluding carboxylic acids is 1. The summed E-state index contributed by atoms with van der Waals surface area (Å²) in [5, 5.41) is 2.78. The maximum absolute atomic E-state index is 11.9. The van der Waals surface area contributed by atoms with E-state index in [1.54, 1.807) is 24.3 Å². The molecule has 0 heterocycles. The van der Waals surface area contributed by atoms with E-state index in [4.69, 9.17) is 14.2 Å². The lowest BCUT2D eigenvalue weighted by Gasteiger charge is -2.09. The first-order valence-corrected chi connectivity index (χ1v) is 8.09. The van der Waals surface area contributed by atoms with Gasteiger partial charge < -0.3 is 19.5 Å². The molecule has 2 aromatic rings. The van der Waals surface area contributed by atoms with E-state index in [1.807, 2.05) is 31.2 Å². The highest BCUT2D eigenvalue weighted by molar-refractivity contribution is 5.91. The van der Waals surface area contributed by atoms with Gasteiger partial charge in [0.15, 0.2) is 6.61 Å². The molecule has 0 saturated heterocycles. The number of nitrogens with one attached hydrogen (secondary N) is 1. The van der Waals surface area contributed by atoms with E-state index in [-0.39, 0.29) is 12.5 Å². The Labute approximate surface area is 142 Å². The van der Waals surface area contributed by atoms with E-state index in [9.17, 15) is 4.79 Å². The lowest BCUT2D eigenvalue weighted by molar-refractivity contribution is -0.118. The van der Waals surface area contributed by atoms with Crippen LogP contribution in [0.5, 0.6) is 17.2 Å². The van der Waals surface area contributed by atoms with E-state index in [1.165, 1.54) is 0 Å². The molecule has 5 heteroatoms. The van der Waals surface area contributed by atoms with Crippen molar-refractivity contribution in [1.29, 1.82) is 0 Å². The zero-order valence-electron chi connectivity index (χ0n) is 14.1. The van der Waals surface area contributed by atoms with Crippen molar-refractivity contribution in [3.05, 3.63) is 48.5 Å². The molecule has 0 aromatic heterocycles. The van der Waals surface area contributed by atoms with Gasteiger partial charge in [0.25, 0.3) is 5.91 Å². The molecular formula is C19H23NO4. The average Bonchev–Trinajstić information content (AvgIpc) is 2.61. The van der Waals surface area contributed by atoms with Gasteiger partial charge in [-0.25, -0.2) is 0 Å². The third-order valence-electron chi connectivity index (χ3n) is 3.12. The molecule has 24 heavy (non-hydrogen) atoms. The highest BCUT2D eigenvalue weighted by Gasteiger charge is 2.04. The van der Waals surface area contributed by atoms with Gasteiger partial charge >= 0.3 is 0 Å². The number of hydrogen-bond acceptors (Lipinski definition) is 4. The van der Waals surface area contributed by atoms with E-state index in [2.05, 4.69) is 12.2 Å². The lowest BCUT2D eigenvalue weighted by Crippen LogP contribution is -2.20. The minimum absolute atomic E-state index is 0.0535. The second kappa shape index (κ2) is 9.45. The van der Waals surface area contributed by atoms with Gasteiger partial charge in [0.1, 0.15) is 17.2 Å². The molecule has 0 saturated carbocycles. The smallest absolute Gasteiger partial charge is 0.262 e. The normalized spacial score (nSPS) is 10.1. The highest BCUT2D eigenvalue weighted by Crippen LogP contribution is 2.18. The second-order valence-corrected chi connectivity index (χ2v) is 5.11. The van der Waals surface area contributed by atoms with Crippen LogP contribution in [0.2, 0.25) is 0 Å². The van der Waals surface area contributed by atoms with Crippen LogP contribution in [0.15, 0.2) is 48.5 Å². The van der Waals surface area contributed by atoms with Crippen LogP contribution in [0.3, 0.4) is 0 Å². The third kappa shape index (κ3) is 5.83. The lowest BCUT2D eigenvalue weighted by atomic mass is 10.3. The summed E-state index contributed by atoms with van der Waals surface area (Å²) in [4.78, 5) is 11.9. The summed E-state index contributed by atoms with van der Waals surface area (Å²) in [7, 11) is 0. The van der Waals surface area contributed by atoms with Crippen molar-refractivity contribution in [2.45, 2.75) is 20.3 Å². The summed E-state index contributed by atoms with van der Waals surface area (Å²) in [6.45, 7) is 5.23. The fourth-order valence-corrected chi connectivity index (χ4v) is 2.00. The van der Waals surface area contributed by atoms with Crippen molar-refractivity contribution in [3.8, 4) is 17.2 Å². The molecule has 0 unspecified atom stereocenters. The summed E-state index contributed by atoms with van der Waals surface area (Å²) in [5.74, 6) is 1.98. The zero-order valence-corrected chi connectivity index (χ0v) is 14.1. The van der Waals surface area contributed by atoms with Crippen LogP contribution in [-0.2, 0) is 4.79 Å². The second-order valence-electron chi connectivity index (χ2n) is 5.11. The first kappa shape index (κ1) is 17.7. The molecule has 2 rings (SSSR count). The molecular weight excluding hydrogens is 306 g/mol. The van der Waals surface area contributed by atoms with Gasteiger partial charge in [-0.3, -0.25) is 4.79 Å². The van der Waals surface area contributed by atoms with Gasteiger partial charge in [-0.15, -0.1) is 0 Å². The summed E-state index contributed by atoms with van der Waals surface area (Å²) >= 11 is 0. The first-order valence-electron chi connectivity index (χ1n) is 8.09. The summed E-state index contributed by atoms with van der Waals surface area (Å²) < 4.78 is 16.3. The van der Waals surface area contributed by atoms with Crippen molar-refractivity contribution < 1.29 is 19.0 Å². The van der Waals surface area contributed by atoms with Crippen LogP contribution in [-0.4, -0.2) is 25.7 Å². The zero-order chi connectivity index (χ0) is 17.2. The Morgan fingerprint density at radius 2 is 1.38 bits per heavy atom. The molecule has 0 atom stereocenters. The fraction of sp³-hybridized carbons (Fsp3) is 0.316. The van der Waals surface area contributed by atoms with Crippen LogP contribution in [0.25, 0.3) is 0 Å². The van der Waals surface area contributed by atoms with Crippen molar-refractivity contribution in [3.63, 3.8) is 0 Å². The highest BCUT2D eigenvalue weighted by atomic mass is 16.5. The summed E-state index contributed by atoms with van der Waals surface area (Å²) in [5.41, 5.74) is 0.708. The molecule has 1 N–H and O–H groups in total. The van der Waals surface area contributed by atoms with E-state index in [0.29, 0.717) is 24.7 Å². The molecule has 0 radical (unpaired) electrons. The Bertz CT molecular complexity index is 623.